The number of carbonyl (C=O) groups is 2. The van der Waals surface area contributed by atoms with Crippen LogP contribution < -0.4 is 21.1 Å². The molecule has 2 amide bonds. The number of ether oxygens (including phenoxy) is 1. The molecule has 0 saturated heterocycles. The lowest BCUT2D eigenvalue weighted by Gasteiger charge is -2.08. The van der Waals surface area contributed by atoms with E-state index < -0.39 is 5.91 Å². The molecule has 0 aliphatic rings. The minimum atomic E-state index is -0.492. The number of carbonyl (C=O) groups excluding carboxylic acids is 2. The minimum Gasteiger partial charge on any atom is -0.494 e. The third-order valence-corrected chi connectivity index (χ3v) is 4.50. The Kier molecular flexibility index (Phi) is 6.31. The fraction of sp³-hybridized carbons (Fsp3) is 0.238. The predicted octanol–water partition coefficient (Wildman–Crippen LogP) is 2.77. The first-order chi connectivity index (χ1) is 14.4. The van der Waals surface area contributed by atoms with Crippen molar-refractivity contribution in [1.29, 1.82) is 0 Å². The summed E-state index contributed by atoms with van der Waals surface area (Å²) in [5, 5.41) is 13.1. The number of anilines is 3. The average Bonchev–Trinajstić information content (AvgIpc) is 3.07. The van der Waals surface area contributed by atoms with E-state index in [4.69, 9.17) is 10.5 Å². The van der Waals surface area contributed by atoms with Crippen LogP contribution in [0.5, 0.6) is 5.75 Å². The molecular weight excluding hydrogens is 384 g/mol. The van der Waals surface area contributed by atoms with Crippen molar-refractivity contribution in [3.8, 4) is 5.75 Å². The summed E-state index contributed by atoms with van der Waals surface area (Å²) in [6.45, 7) is 6.23. The van der Waals surface area contributed by atoms with Gasteiger partial charge >= 0.3 is 0 Å². The van der Waals surface area contributed by atoms with Gasteiger partial charge in [-0.2, -0.15) is 0 Å². The number of nitrogens with zero attached hydrogens (tertiary/aromatic N) is 3. The minimum absolute atomic E-state index is 0.0122. The largest absolute Gasteiger partial charge is 0.494 e. The lowest BCUT2D eigenvalue weighted by Crippen LogP contribution is -2.21. The van der Waals surface area contributed by atoms with Crippen LogP contribution in [-0.4, -0.2) is 33.4 Å². The normalized spacial score (nSPS) is 10.5. The summed E-state index contributed by atoms with van der Waals surface area (Å²) in [6.07, 6.45) is 0. The maximum absolute atomic E-state index is 12.5. The lowest BCUT2D eigenvalue weighted by atomic mass is 10.1. The molecule has 1 aromatic heterocycles. The first kappa shape index (κ1) is 20.8. The molecule has 0 spiro atoms. The maximum Gasteiger partial charge on any atom is 0.280 e. The Balaban J connectivity index is 1.63. The zero-order chi connectivity index (χ0) is 21.7. The van der Waals surface area contributed by atoms with Gasteiger partial charge in [0, 0.05) is 11.4 Å². The number of aromatic nitrogens is 3. The zero-order valence-corrected chi connectivity index (χ0v) is 17.1. The number of nitrogens with two attached hydrogens (primary N) is 1. The molecule has 9 heteroatoms. The first-order valence-corrected chi connectivity index (χ1v) is 9.47. The molecule has 0 aliphatic heterocycles. The summed E-state index contributed by atoms with van der Waals surface area (Å²) in [4.78, 5) is 24.8. The number of nitrogens with one attached hydrogen (secondary N) is 2. The Morgan fingerprint density at radius 1 is 1.03 bits per heavy atom. The molecule has 3 aromatic rings. The van der Waals surface area contributed by atoms with Crippen molar-refractivity contribution in [2.75, 3.05) is 23.0 Å². The second kappa shape index (κ2) is 9.08. The molecule has 0 aliphatic carbocycles. The predicted molar refractivity (Wildman–Crippen MR) is 115 cm³/mol. The Morgan fingerprint density at radius 3 is 2.40 bits per heavy atom. The molecule has 0 unspecified atom stereocenters. The fourth-order valence-electron chi connectivity index (χ4n) is 2.75. The fourth-order valence-corrected chi connectivity index (χ4v) is 2.75. The van der Waals surface area contributed by atoms with E-state index in [-0.39, 0.29) is 24.0 Å². The molecule has 30 heavy (non-hydrogen) atoms. The van der Waals surface area contributed by atoms with Crippen LogP contribution in [0.3, 0.4) is 0 Å². The first-order valence-electron chi connectivity index (χ1n) is 9.47. The van der Waals surface area contributed by atoms with Crippen LogP contribution in [0.2, 0.25) is 0 Å². The van der Waals surface area contributed by atoms with Gasteiger partial charge in [-0.1, -0.05) is 11.3 Å². The summed E-state index contributed by atoms with van der Waals surface area (Å²) in [6, 6.07) is 12.6. The van der Waals surface area contributed by atoms with Gasteiger partial charge in [-0.25, -0.2) is 4.68 Å². The summed E-state index contributed by atoms with van der Waals surface area (Å²) < 4.78 is 6.55. The summed E-state index contributed by atoms with van der Waals surface area (Å²) >= 11 is 0. The van der Waals surface area contributed by atoms with Crippen molar-refractivity contribution >= 4 is 29.0 Å². The molecule has 4 N–H and O–H groups in total. The average molecular weight is 408 g/mol. The number of benzene rings is 2. The number of hydrogen-bond donors (Lipinski definition) is 3. The van der Waals surface area contributed by atoms with Crippen molar-refractivity contribution in [3.05, 3.63) is 59.3 Å². The molecule has 2 aromatic carbocycles. The van der Waals surface area contributed by atoms with Crippen LogP contribution in [0.4, 0.5) is 17.2 Å². The SMILES string of the molecule is CCOc1ccc(NC(=O)Cn2nnc(C(=O)Nc3ccc(C)c(C)c3)c2N)cc1. The van der Waals surface area contributed by atoms with Gasteiger partial charge in [0.15, 0.2) is 11.5 Å². The Labute approximate surface area is 174 Å². The number of amides is 2. The van der Waals surface area contributed by atoms with Gasteiger partial charge in [0.05, 0.1) is 6.61 Å². The summed E-state index contributed by atoms with van der Waals surface area (Å²) in [5.74, 6) is -0.112. The van der Waals surface area contributed by atoms with Crippen molar-refractivity contribution in [1.82, 2.24) is 15.0 Å². The molecule has 0 saturated carbocycles. The van der Waals surface area contributed by atoms with Crippen LogP contribution >= 0.6 is 0 Å². The lowest BCUT2D eigenvalue weighted by molar-refractivity contribution is -0.116. The molecule has 0 bridgehead atoms. The van der Waals surface area contributed by atoms with Crippen LogP contribution in [0.1, 0.15) is 28.5 Å². The van der Waals surface area contributed by atoms with E-state index >= 15 is 0 Å². The number of hydrogen-bond acceptors (Lipinski definition) is 6. The maximum atomic E-state index is 12.5. The molecule has 1 heterocycles. The standard InChI is InChI=1S/C21H24N6O3/c1-4-30-17-9-7-15(8-10-17)23-18(28)12-27-20(22)19(25-26-27)21(29)24-16-6-5-13(2)14(3)11-16/h5-11H,4,12,22H2,1-3H3,(H,23,28)(H,24,29). The van der Waals surface area contributed by atoms with Gasteiger partial charge in [0.1, 0.15) is 12.3 Å². The molecule has 3 rings (SSSR count). The van der Waals surface area contributed by atoms with Crippen LogP contribution in [0.25, 0.3) is 0 Å². The van der Waals surface area contributed by atoms with Crippen molar-refractivity contribution in [3.63, 3.8) is 0 Å². The highest BCUT2D eigenvalue weighted by atomic mass is 16.5. The van der Waals surface area contributed by atoms with E-state index in [9.17, 15) is 9.59 Å². The third kappa shape index (κ3) is 4.93. The Morgan fingerprint density at radius 2 is 1.73 bits per heavy atom. The highest BCUT2D eigenvalue weighted by Crippen LogP contribution is 2.18. The topological polar surface area (TPSA) is 124 Å². The van der Waals surface area contributed by atoms with Gasteiger partial charge < -0.3 is 21.1 Å². The van der Waals surface area contributed by atoms with Crippen LogP contribution in [0.15, 0.2) is 42.5 Å². The van der Waals surface area contributed by atoms with Crippen LogP contribution in [0, 0.1) is 13.8 Å². The molecule has 9 nitrogen and oxygen atoms in total. The van der Waals surface area contributed by atoms with Crippen molar-refractivity contribution in [2.45, 2.75) is 27.3 Å². The summed E-state index contributed by atoms with van der Waals surface area (Å²) in [7, 11) is 0. The monoisotopic (exact) mass is 408 g/mol. The molecule has 0 fully saturated rings. The van der Waals surface area contributed by atoms with E-state index in [1.54, 1.807) is 30.3 Å². The Hall–Kier alpha value is -3.88. The van der Waals surface area contributed by atoms with E-state index in [0.717, 1.165) is 16.9 Å². The van der Waals surface area contributed by atoms with E-state index in [1.807, 2.05) is 32.9 Å². The van der Waals surface area contributed by atoms with E-state index in [2.05, 4.69) is 20.9 Å². The van der Waals surface area contributed by atoms with Gasteiger partial charge in [-0.05, 0) is 68.3 Å². The van der Waals surface area contributed by atoms with Crippen molar-refractivity contribution < 1.29 is 14.3 Å². The number of aryl methyl sites for hydroxylation is 2. The van der Waals surface area contributed by atoms with Crippen LogP contribution in [-0.2, 0) is 11.3 Å². The van der Waals surface area contributed by atoms with Gasteiger partial charge in [-0.3, -0.25) is 9.59 Å². The molecule has 156 valence electrons. The highest BCUT2D eigenvalue weighted by Gasteiger charge is 2.19. The van der Waals surface area contributed by atoms with E-state index in [0.29, 0.717) is 18.0 Å². The van der Waals surface area contributed by atoms with Gasteiger partial charge in [0.25, 0.3) is 5.91 Å². The number of nitrogen functional groups attached to an aromatic ring is 1. The summed E-state index contributed by atoms with van der Waals surface area (Å²) in [5.41, 5.74) is 9.36. The van der Waals surface area contributed by atoms with Crippen molar-refractivity contribution in [2.24, 2.45) is 0 Å². The molecular formula is C21H24N6O3. The number of rotatable bonds is 7. The van der Waals surface area contributed by atoms with E-state index in [1.165, 1.54) is 4.68 Å². The molecule has 0 atom stereocenters. The second-order valence-corrected chi connectivity index (χ2v) is 6.74. The Bertz CT molecular complexity index is 1060. The highest BCUT2D eigenvalue weighted by molar-refractivity contribution is 6.05. The second-order valence-electron chi connectivity index (χ2n) is 6.74. The zero-order valence-electron chi connectivity index (χ0n) is 17.1. The van der Waals surface area contributed by atoms with Gasteiger partial charge in [-0.15, -0.1) is 5.10 Å². The third-order valence-electron chi connectivity index (χ3n) is 4.50. The smallest absolute Gasteiger partial charge is 0.280 e. The van der Waals surface area contributed by atoms with Gasteiger partial charge in [0.2, 0.25) is 5.91 Å². The quantitative estimate of drug-likeness (QED) is 0.552. The molecule has 0 radical (unpaired) electrons.